The first kappa shape index (κ1) is 9.57. The van der Waals surface area contributed by atoms with Crippen LogP contribution in [0.15, 0.2) is 15.8 Å². The SMILES string of the molecule is CCCOc1c[nH]n(C)c(=O)c1=O. The number of hydrogen-bond acceptors (Lipinski definition) is 3. The summed E-state index contributed by atoms with van der Waals surface area (Å²) in [7, 11) is 1.48. The van der Waals surface area contributed by atoms with E-state index in [0.29, 0.717) is 6.61 Å². The second-order valence-electron chi connectivity index (χ2n) is 2.68. The summed E-state index contributed by atoms with van der Waals surface area (Å²) in [5, 5.41) is 2.60. The fourth-order valence-electron chi connectivity index (χ4n) is 0.857. The molecular weight excluding hydrogens is 172 g/mol. The van der Waals surface area contributed by atoms with Crippen molar-refractivity contribution in [2.24, 2.45) is 7.05 Å². The van der Waals surface area contributed by atoms with Gasteiger partial charge in [0.25, 0.3) is 5.43 Å². The van der Waals surface area contributed by atoms with Crippen LogP contribution in [0.2, 0.25) is 0 Å². The largest absolute Gasteiger partial charge is 0.488 e. The van der Waals surface area contributed by atoms with E-state index in [4.69, 9.17) is 4.74 Å². The smallest absolute Gasteiger partial charge is 0.316 e. The van der Waals surface area contributed by atoms with Gasteiger partial charge in [0, 0.05) is 7.05 Å². The van der Waals surface area contributed by atoms with Gasteiger partial charge in [-0.2, -0.15) is 0 Å². The molecule has 13 heavy (non-hydrogen) atoms. The minimum absolute atomic E-state index is 0.0879. The Bertz CT molecular complexity index is 391. The molecule has 1 N–H and O–H groups in total. The van der Waals surface area contributed by atoms with Crippen molar-refractivity contribution >= 4 is 0 Å². The van der Waals surface area contributed by atoms with E-state index in [1.807, 2.05) is 6.92 Å². The molecule has 0 atom stereocenters. The van der Waals surface area contributed by atoms with Crippen LogP contribution < -0.4 is 15.7 Å². The standard InChI is InChI=1S/C8H12N2O3/c1-3-4-13-6-5-9-10(2)8(12)7(6)11/h5,9H,3-4H2,1-2H3. The van der Waals surface area contributed by atoms with E-state index in [9.17, 15) is 9.59 Å². The van der Waals surface area contributed by atoms with Gasteiger partial charge >= 0.3 is 5.56 Å². The molecule has 1 aromatic rings. The number of H-pyrrole nitrogens is 1. The van der Waals surface area contributed by atoms with Crippen LogP contribution in [0.25, 0.3) is 0 Å². The molecule has 0 saturated carbocycles. The van der Waals surface area contributed by atoms with Crippen LogP contribution in [0.5, 0.6) is 5.75 Å². The number of ether oxygens (including phenoxy) is 1. The predicted molar refractivity (Wildman–Crippen MR) is 48.1 cm³/mol. The van der Waals surface area contributed by atoms with Crippen LogP contribution in [0.3, 0.4) is 0 Å². The zero-order valence-corrected chi connectivity index (χ0v) is 7.66. The molecule has 0 unspecified atom stereocenters. The van der Waals surface area contributed by atoms with Gasteiger partial charge in [-0.1, -0.05) is 6.92 Å². The lowest BCUT2D eigenvalue weighted by atomic mass is 10.5. The fraction of sp³-hybridized carbons (Fsp3) is 0.500. The van der Waals surface area contributed by atoms with Gasteiger partial charge in [-0.05, 0) is 6.42 Å². The molecule has 5 nitrogen and oxygen atoms in total. The van der Waals surface area contributed by atoms with Crippen molar-refractivity contribution in [2.45, 2.75) is 13.3 Å². The number of aromatic nitrogens is 2. The molecule has 5 heteroatoms. The molecule has 0 aliphatic rings. The van der Waals surface area contributed by atoms with Crippen molar-refractivity contribution in [1.82, 2.24) is 9.78 Å². The van der Waals surface area contributed by atoms with Crippen LogP contribution in [0.4, 0.5) is 0 Å². The van der Waals surface area contributed by atoms with E-state index in [0.717, 1.165) is 11.1 Å². The third-order valence-corrected chi connectivity index (χ3v) is 1.57. The summed E-state index contributed by atoms with van der Waals surface area (Å²) in [4.78, 5) is 22.3. The Morgan fingerprint density at radius 1 is 1.54 bits per heavy atom. The third-order valence-electron chi connectivity index (χ3n) is 1.57. The predicted octanol–water partition coefficient (Wildman–Crippen LogP) is -0.138. The van der Waals surface area contributed by atoms with Crippen molar-refractivity contribution in [3.63, 3.8) is 0 Å². The number of hydrogen-bond donors (Lipinski definition) is 1. The highest BCUT2D eigenvalue weighted by molar-refractivity contribution is 5.13. The second-order valence-corrected chi connectivity index (χ2v) is 2.68. The van der Waals surface area contributed by atoms with Crippen molar-refractivity contribution in [2.75, 3.05) is 6.61 Å². The average molecular weight is 184 g/mol. The zero-order valence-electron chi connectivity index (χ0n) is 7.66. The number of nitrogens with zero attached hydrogens (tertiary/aromatic N) is 1. The number of rotatable bonds is 3. The van der Waals surface area contributed by atoms with Crippen LogP contribution in [-0.2, 0) is 7.05 Å². The van der Waals surface area contributed by atoms with Crippen LogP contribution >= 0.6 is 0 Å². The van der Waals surface area contributed by atoms with Gasteiger partial charge < -0.3 is 4.74 Å². The summed E-state index contributed by atoms with van der Waals surface area (Å²) in [5.74, 6) is 0.0879. The minimum Gasteiger partial charge on any atom is -0.488 e. The Morgan fingerprint density at radius 2 is 2.23 bits per heavy atom. The Balaban J connectivity index is 3.05. The first-order valence-corrected chi connectivity index (χ1v) is 4.08. The Hall–Kier alpha value is -1.52. The Kier molecular flexibility index (Phi) is 2.89. The lowest BCUT2D eigenvalue weighted by Crippen LogP contribution is -2.34. The highest BCUT2D eigenvalue weighted by Crippen LogP contribution is 1.96. The first-order valence-electron chi connectivity index (χ1n) is 4.08. The van der Waals surface area contributed by atoms with E-state index in [1.165, 1.54) is 13.2 Å². The normalized spacial score (nSPS) is 10.0. The van der Waals surface area contributed by atoms with Crippen LogP contribution in [0.1, 0.15) is 13.3 Å². The van der Waals surface area contributed by atoms with E-state index >= 15 is 0 Å². The summed E-state index contributed by atoms with van der Waals surface area (Å²) < 4.78 is 6.18. The maximum Gasteiger partial charge on any atom is 0.316 e. The van der Waals surface area contributed by atoms with E-state index in [-0.39, 0.29) is 5.75 Å². The summed E-state index contributed by atoms with van der Waals surface area (Å²) in [6.45, 7) is 2.37. The molecule has 1 heterocycles. The quantitative estimate of drug-likeness (QED) is 0.665. The zero-order chi connectivity index (χ0) is 9.84. The molecule has 0 aromatic carbocycles. The summed E-state index contributed by atoms with van der Waals surface area (Å²) >= 11 is 0. The topological polar surface area (TPSA) is 64.1 Å². The lowest BCUT2D eigenvalue weighted by Gasteiger charge is -2.03. The highest BCUT2D eigenvalue weighted by atomic mass is 16.5. The third kappa shape index (κ3) is 1.99. The van der Waals surface area contributed by atoms with E-state index < -0.39 is 11.0 Å². The fourth-order valence-corrected chi connectivity index (χ4v) is 0.857. The molecule has 0 bridgehead atoms. The van der Waals surface area contributed by atoms with E-state index in [1.54, 1.807) is 0 Å². The summed E-state index contributed by atoms with van der Waals surface area (Å²) in [5.41, 5.74) is -1.21. The summed E-state index contributed by atoms with van der Waals surface area (Å²) in [6.07, 6.45) is 2.19. The highest BCUT2D eigenvalue weighted by Gasteiger charge is 2.04. The maximum absolute atomic E-state index is 11.2. The average Bonchev–Trinajstić information content (AvgIpc) is 2.13. The van der Waals surface area contributed by atoms with Crippen LogP contribution in [0, 0.1) is 0 Å². The molecule has 0 saturated heterocycles. The van der Waals surface area contributed by atoms with Gasteiger partial charge in [0.05, 0.1) is 12.8 Å². The molecule has 0 aliphatic heterocycles. The second kappa shape index (κ2) is 3.93. The Labute approximate surface area is 74.9 Å². The number of aryl methyl sites for hydroxylation is 1. The first-order chi connectivity index (χ1) is 6.16. The molecule has 72 valence electrons. The molecule has 1 aromatic heterocycles. The van der Waals surface area contributed by atoms with Gasteiger partial charge in [0.15, 0.2) is 5.75 Å². The molecule has 0 aliphatic carbocycles. The van der Waals surface area contributed by atoms with Crippen molar-refractivity contribution in [3.8, 4) is 5.75 Å². The van der Waals surface area contributed by atoms with Gasteiger partial charge in [0.2, 0.25) is 0 Å². The van der Waals surface area contributed by atoms with Gasteiger partial charge in [-0.25, -0.2) is 0 Å². The van der Waals surface area contributed by atoms with Crippen molar-refractivity contribution in [1.29, 1.82) is 0 Å². The molecule has 0 amide bonds. The molecule has 0 radical (unpaired) electrons. The van der Waals surface area contributed by atoms with E-state index in [2.05, 4.69) is 5.10 Å². The molecule has 0 fully saturated rings. The van der Waals surface area contributed by atoms with Crippen molar-refractivity contribution in [3.05, 3.63) is 26.8 Å². The Morgan fingerprint density at radius 3 is 2.85 bits per heavy atom. The minimum atomic E-state index is -0.603. The van der Waals surface area contributed by atoms with Gasteiger partial charge in [-0.3, -0.25) is 19.4 Å². The van der Waals surface area contributed by atoms with Crippen LogP contribution in [-0.4, -0.2) is 16.4 Å². The van der Waals surface area contributed by atoms with Crippen molar-refractivity contribution < 1.29 is 4.74 Å². The molecular formula is C8H12N2O3. The number of aromatic amines is 1. The van der Waals surface area contributed by atoms with Gasteiger partial charge in [-0.15, -0.1) is 0 Å². The number of nitrogens with one attached hydrogen (secondary N) is 1. The lowest BCUT2D eigenvalue weighted by molar-refractivity contribution is 0.310. The monoisotopic (exact) mass is 184 g/mol. The summed E-state index contributed by atoms with van der Waals surface area (Å²) in [6, 6.07) is 0. The molecule has 0 spiro atoms. The molecule has 1 rings (SSSR count). The maximum atomic E-state index is 11.2. The van der Waals surface area contributed by atoms with Gasteiger partial charge in [0.1, 0.15) is 0 Å².